The number of rotatable bonds is 6. The van der Waals surface area contributed by atoms with Crippen LogP contribution in [0.15, 0.2) is 90.1 Å². The number of aryl methyl sites for hydroxylation is 5. The van der Waals surface area contributed by atoms with Gasteiger partial charge in [0.05, 0.1) is 6.04 Å². The van der Waals surface area contributed by atoms with Crippen molar-refractivity contribution >= 4 is 27.7 Å². The Morgan fingerprint density at radius 1 is 0.790 bits per heavy atom. The quantitative estimate of drug-likeness (QED) is 0.156. The van der Waals surface area contributed by atoms with Gasteiger partial charge < -0.3 is 14.0 Å². The monoisotopic (exact) mass is 998 g/mol. The number of ether oxygens (including phenoxy) is 2. The van der Waals surface area contributed by atoms with E-state index < -0.39 is 0 Å². The van der Waals surface area contributed by atoms with Crippen molar-refractivity contribution in [3.05, 3.63) is 153 Å². The van der Waals surface area contributed by atoms with Crippen molar-refractivity contribution < 1.29 is 30.5 Å². The third-order valence-corrected chi connectivity index (χ3v) is 13.9. The van der Waals surface area contributed by atoms with E-state index in [1.807, 2.05) is 6.20 Å². The summed E-state index contributed by atoms with van der Waals surface area (Å²) in [6.07, 6.45) is 7.94. The van der Waals surface area contributed by atoms with Gasteiger partial charge in [0.15, 0.2) is 0 Å². The molecule has 6 heteroatoms. The fraction of sp³-hybridized carbons (Fsp3) is 0.357. The summed E-state index contributed by atoms with van der Waals surface area (Å²) >= 11 is 0. The van der Waals surface area contributed by atoms with Crippen molar-refractivity contribution in [1.82, 2.24) is 9.55 Å². The van der Waals surface area contributed by atoms with Crippen LogP contribution in [-0.4, -0.2) is 21.5 Å². The molecule has 4 heterocycles. The molecule has 2 aromatic heterocycles. The van der Waals surface area contributed by atoms with Gasteiger partial charge in [0.1, 0.15) is 17.8 Å². The smallest absolute Gasteiger partial charge is 0.510 e. The molecular weight excluding hydrogens is 942 g/mol. The molecule has 5 nitrogen and oxygen atoms in total. The Labute approximate surface area is 382 Å². The normalized spacial score (nSPS) is 18.3. The van der Waals surface area contributed by atoms with E-state index in [-0.39, 0.29) is 44.0 Å². The molecule has 0 unspecified atom stereocenters. The van der Waals surface area contributed by atoms with E-state index in [0.29, 0.717) is 23.3 Å². The Bertz CT molecular complexity index is 2900. The van der Waals surface area contributed by atoms with Gasteiger partial charge in [0.2, 0.25) is 0 Å². The van der Waals surface area contributed by atoms with Crippen LogP contribution in [0.1, 0.15) is 128 Å². The maximum atomic E-state index is 7.06. The molecule has 318 valence electrons. The summed E-state index contributed by atoms with van der Waals surface area (Å²) in [5.74, 6) is 3.35. The van der Waals surface area contributed by atoms with E-state index in [4.69, 9.17) is 19.5 Å². The molecule has 1 aliphatic carbocycles. The molecule has 0 radical (unpaired) electrons. The first-order valence-electron chi connectivity index (χ1n) is 22.3. The number of pyridine rings is 1. The van der Waals surface area contributed by atoms with E-state index in [2.05, 4.69) is 165 Å². The molecule has 0 bridgehead atoms. The van der Waals surface area contributed by atoms with Crippen LogP contribution in [-0.2, 0) is 36.6 Å². The summed E-state index contributed by atoms with van der Waals surface area (Å²) in [5.41, 5.74) is 15.9. The number of hydrogen-bond donors (Lipinski definition) is 0. The largest absolute Gasteiger partial charge is 2.00 e. The third kappa shape index (κ3) is 7.04. The van der Waals surface area contributed by atoms with Crippen LogP contribution < -0.4 is 4.74 Å². The molecule has 5 aromatic carbocycles. The van der Waals surface area contributed by atoms with Crippen LogP contribution in [0.4, 0.5) is 0 Å². The molecule has 1 fully saturated rings. The Kier molecular flexibility index (Phi) is 10.7. The molecule has 0 N–H and O–H groups in total. The Hall–Kier alpha value is -4.99. The molecule has 0 spiro atoms. The second kappa shape index (κ2) is 15.7. The van der Waals surface area contributed by atoms with Gasteiger partial charge in [-0.15, -0.1) is 23.1 Å². The number of benzene rings is 5. The topological polar surface area (TPSA) is 48.6 Å². The van der Waals surface area contributed by atoms with Crippen molar-refractivity contribution in [3.63, 3.8) is 0 Å². The summed E-state index contributed by atoms with van der Waals surface area (Å²) in [6, 6.07) is 36.3. The van der Waals surface area contributed by atoms with Gasteiger partial charge in [0, 0.05) is 34.2 Å². The van der Waals surface area contributed by atoms with Crippen LogP contribution in [0, 0.1) is 52.7 Å². The average molecular weight is 999 g/mol. The molecule has 0 amide bonds. The number of aliphatic imine (C=N–C) groups is 1. The van der Waals surface area contributed by atoms with E-state index in [0.717, 1.165) is 33.4 Å². The molecule has 3 aliphatic rings. The SMILES string of the molecule is Cc1cc(C)c(-c2cc(Oc3[c-]c4c(cc3C)c3cc(C(C)(C)C)cc5c3n4-c3nccc(C)c3C5(C)C)[c-]c(C3=N[C@H](C4CCCCC4)[C@@H](c4ccccc4)O3)c2)c(C)c1.[Pt+2]. The van der Waals surface area contributed by atoms with Crippen molar-refractivity contribution in [2.45, 2.75) is 124 Å². The second-order valence-corrected chi connectivity index (χ2v) is 19.8. The average Bonchev–Trinajstić information content (AvgIpc) is 3.80. The van der Waals surface area contributed by atoms with E-state index in [1.165, 1.54) is 93.1 Å². The van der Waals surface area contributed by atoms with Gasteiger partial charge in [0.25, 0.3) is 0 Å². The van der Waals surface area contributed by atoms with Crippen LogP contribution in [0.3, 0.4) is 0 Å². The third-order valence-electron chi connectivity index (χ3n) is 13.9. The number of aromatic nitrogens is 2. The van der Waals surface area contributed by atoms with Crippen LogP contribution >= 0.6 is 0 Å². The predicted molar refractivity (Wildman–Crippen MR) is 250 cm³/mol. The van der Waals surface area contributed by atoms with Crippen molar-refractivity contribution in [1.29, 1.82) is 0 Å². The summed E-state index contributed by atoms with van der Waals surface area (Å²) in [4.78, 5) is 10.5. The summed E-state index contributed by atoms with van der Waals surface area (Å²) < 4.78 is 16.4. The standard InChI is InChI=1S/C56H57N3O2.Pt/c1-32-23-35(4)48(36(5)24-32)39-26-40(54-58-50(37-17-13-11-14-18-37)52(61-54)38-19-15-12-16-20-38)28-42(27-39)60-47-31-46-43(25-34(47)3)44-29-41(55(6,7)8)30-45-51(44)59(46)53-49(56(45,9)10)33(2)21-22-57-53;/h12,15-16,19-27,29-30,37,50,52H,11,13-14,17-18H2,1-10H3;/q-2;+2/t50-,52-;/m1./s1. The summed E-state index contributed by atoms with van der Waals surface area (Å²) in [5, 5.41) is 2.38. The molecule has 2 atom stereocenters. The minimum Gasteiger partial charge on any atom is -0.510 e. The first kappa shape index (κ1) is 42.3. The maximum Gasteiger partial charge on any atom is 2.00 e. The Morgan fingerprint density at radius 2 is 1.52 bits per heavy atom. The van der Waals surface area contributed by atoms with Gasteiger partial charge in [-0.05, 0) is 102 Å². The first-order valence-corrected chi connectivity index (χ1v) is 22.3. The molecule has 1 saturated carbocycles. The zero-order chi connectivity index (χ0) is 42.5. The minimum absolute atomic E-state index is 0. The maximum absolute atomic E-state index is 7.06. The van der Waals surface area contributed by atoms with E-state index in [1.54, 1.807) is 0 Å². The van der Waals surface area contributed by atoms with Crippen LogP contribution in [0.2, 0.25) is 0 Å². The zero-order valence-corrected chi connectivity index (χ0v) is 40.1. The van der Waals surface area contributed by atoms with Gasteiger partial charge >= 0.3 is 21.1 Å². The molecule has 7 aromatic rings. The minimum atomic E-state index is -0.246. The number of hydrogen-bond acceptors (Lipinski definition) is 4. The van der Waals surface area contributed by atoms with Crippen molar-refractivity contribution in [3.8, 4) is 28.4 Å². The van der Waals surface area contributed by atoms with Gasteiger partial charge in [-0.2, -0.15) is 6.07 Å². The number of fused-ring (bicyclic) bond motifs is 5. The molecule has 0 saturated heterocycles. The fourth-order valence-corrected chi connectivity index (χ4v) is 10.9. The number of nitrogens with zero attached hydrogens (tertiary/aromatic N) is 3. The van der Waals surface area contributed by atoms with Gasteiger partial charge in [-0.1, -0.05) is 150 Å². The zero-order valence-electron chi connectivity index (χ0n) is 37.8. The Morgan fingerprint density at radius 3 is 2.23 bits per heavy atom. The summed E-state index contributed by atoms with van der Waals surface area (Å²) in [7, 11) is 0. The Balaban J connectivity index is 0.00000490. The van der Waals surface area contributed by atoms with Crippen LogP contribution in [0.5, 0.6) is 11.5 Å². The van der Waals surface area contributed by atoms with Gasteiger partial charge in [-0.3, -0.25) is 4.99 Å². The van der Waals surface area contributed by atoms with Crippen LogP contribution in [0.25, 0.3) is 38.8 Å². The molecule has 62 heavy (non-hydrogen) atoms. The first-order chi connectivity index (χ1) is 29.2. The molecule has 2 aliphatic heterocycles. The van der Waals surface area contributed by atoms with Gasteiger partial charge in [-0.25, -0.2) is 4.98 Å². The molecular formula is C56H57N3O2Pt. The molecule has 10 rings (SSSR count). The second-order valence-electron chi connectivity index (χ2n) is 19.8. The summed E-state index contributed by atoms with van der Waals surface area (Å²) in [6.45, 7) is 22.5. The van der Waals surface area contributed by atoms with Crippen molar-refractivity contribution in [2.75, 3.05) is 0 Å². The van der Waals surface area contributed by atoms with E-state index in [9.17, 15) is 0 Å². The van der Waals surface area contributed by atoms with E-state index >= 15 is 0 Å². The fourth-order valence-electron chi connectivity index (χ4n) is 10.9. The van der Waals surface area contributed by atoms with Crippen molar-refractivity contribution in [2.24, 2.45) is 10.9 Å². The predicted octanol–water partition coefficient (Wildman–Crippen LogP) is 14.2.